The second kappa shape index (κ2) is 8.14. The molecule has 0 amide bonds. The highest BCUT2D eigenvalue weighted by Gasteiger charge is 2.18. The molecule has 0 fully saturated rings. The summed E-state index contributed by atoms with van der Waals surface area (Å²) in [5.74, 6) is -0.553. The predicted molar refractivity (Wildman–Crippen MR) is 81.7 cm³/mol. The van der Waals surface area contributed by atoms with Crippen LogP contribution in [0, 0.1) is 0 Å². The number of hydrogen-bond acceptors (Lipinski definition) is 4. The Morgan fingerprint density at radius 3 is 2.67 bits per heavy atom. The van der Waals surface area contributed by atoms with Crippen LogP contribution < -0.4 is 4.72 Å². The van der Waals surface area contributed by atoms with Crippen molar-refractivity contribution in [1.29, 1.82) is 0 Å². The zero-order chi connectivity index (χ0) is 15.9. The molecule has 0 aliphatic rings. The summed E-state index contributed by atoms with van der Waals surface area (Å²) in [4.78, 5) is 11.5. The Morgan fingerprint density at radius 1 is 1.33 bits per heavy atom. The fourth-order valence-electron chi connectivity index (χ4n) is 2.00. The minimum Gasteiger partial charge on any atom is -0.465 e. The Labute approximate surface area is 126 Å². The molecule has 1 N–H and O–H groups in total. The molecule has 1 aromatic rings. The van der Waals surface area contributed by atoms with E-state index in [1.165, 1.54) is 31.4 Å². The molecule has 1 atom stereocenters. The Bertz CT molecular complexity index is 569. The van der Waals surface area contributed by atoms with E-state index in [4.69, 9.17) is 0 Å². The van der Waals surface area contributed by atoms with Crippen LogP contribution in [0.2, 0.25) is 0 Å². The van der Waals surface area contributed by atoms with Crippen molar-refractivity contribution in [3.05, 3.63) is 29.8 Å². The Hall–Kier alpha value is -1.40. The second-order valence-electron chi connectivity index (χ2n) is 5.04. The topological polar surface area (TPSA) is 72.5 Å². The van der Waals surface area contributed by atoms with E-state index < -0.39 is 16.0 Å². The van der Waals surface area contributed by atoms with E-state index in [9.17, 15) is 13.2 Å². The van der Waals surface area contributed by atoms with Gasteiger partial charge in [-0.1, -0.05) is 32.3 Å². The maximum absolute atomic E-state index is 12.3. The molecular formula is C15H23NO4S. The molecule has 0 spiro atoms. The van der Waals surface area contributed by atoms with E-state index in [0.29, 0.717) is 0 Å². The van der Waals surface area contributed by atoms with Gasteiger partial charge in [-0.25, -0.2) is 17.9 Å². The molecule has 6 heteroatoms. The van der Waals surface area contributed by atoms with Crippen LogP contribution in [0.15, 0.2) is 29.2 Å². The van der Waals surface area contributed by atoms with Crippen LogP contribution >= 0.6 is 0 Å². The lowest BCUT2D eigenvalue weighted by molar-refractivity contribution is 0.0600. The minimum absolute atomic E-state index is 0.0766. The van der Waals surface area contributed by atoms with Gasteiger partial charge in [0.05, 0.1) is 17.6 Å². The first-order chi connectivity index (χ1) is 9.90. The average Bonchev–Trinajstić information content (AvgIpc) is 2.46. The van der Waals surface area contributed by atoms with E-state index in [0.717, 1.165) is 25.7 Å². The van der Waals surface area contributed by atoms with Crippen LogP contribution in [0.3, 0.4) is 0 Å². The van der Waals surface area contributed by atoms with Crippen molar-refractivity contribution < 1.29 is 17.9 Å². The van der Waals surface area contributed by atoms with Crippen molar-refractivity contribution in [3.8, 4) is 0 Å². The molecular weight excluding hydrogens is 290 g/mol. The number of esters is 1. The van der Waals surface area contributed by atoms with E-state index >= 15 is 0 Å². The summed E-state index contributed by atoms with van der Waals surface area (Å²) in [6.07, 6.45) is 3.97. The van der Waals surface area contributed by atoms with Crippen molar-refractivity contribution in [2.75, 3.05) is 7.11 Å². The summed E-state index contributed by atoms with van der Waals surface area (Å²) in [5, 5.41) is 0. The molecule has 0 radical (unpaired) electrons. The monoisotopic (exact) mass is 313 g/mol. The van der Waals surface area contributed by atoms with Crippen LogP contribution in [0.1, 0.15) is 49.9 Å². The molecule has 1 unspecified atom stereocenters. The number of nitrogens with one attached hydrogen (secondary N) is 1. The average molecular weight is 313 g/mol. The summed E-state index contributed by atoms with van der Waals surface area (Å²) in [7, 11) is -2.36. The molecule has 0 bridgehead atoms. The van der Waals surface area contributed by atoms with Gasteiger partial charge in [0.25, 0.3) is 0 Å². The standard InChI is InChI=1S/C15H23NO4S/c1-4-5-6-8-12(2)16-21(18,19)14-10-7-9-13(11-14)15(17)20-3/h7,9-12,16H,4-6,8H2,1-3H3. The van der Waals surface area contributed by atoms with Gasteiger partial charge in [0.2, 0.25) is 10.0 Å². The zero-order valence-corrected chi connectivity index (χ0v) is 13.6. The third kappa shape index (κ3) is 5.47. The fraction of sp³-hybridized carbons (Fsp3) is 0.533. The molecule has 0 saturated heterocycles. The highest BCUT2D eigenvalue weighted by atomic mass is 32.2. The molecule has 0 aliphatic heterocycles. The number of unbranched alkanes of at least 4 members (excludes halogenated alkanes) is 2. The maximum Gasteiger partial charge on any atom is 0.337 e. The third-order valence-corrected chi connectivity index (χ3v) is 4.75. The van der Waals surface area contributed by atoms with Crippen LogP contribution in [0.4, 0.5) is 0 Å². The number of benzene rings is 1. The van der Waals surface area contributed by atoms with Gasteiger partial charge in [-0.05, 0) is 31.5 Å². The minimum atomic E-state index is -3.62. The summed E-state index contributed by atoms with van der Waals surface area (Å²) < 4.78 is 31.8. The number of hydrogen-bond donors (Lipinski definition) is 1. The lowest BCUT2D eigenvalue weighted by Crippen LogP contribution is -2.32. The summed E-state index contributed by atoms with van der Waals surface area (Å²) >= 11 is 0. The van der Waals surface area contributed by atoms with Gasteiger partial charge in [-0.3, -0.25) is 0 Å². The Morgan fingerprint density at radius 2 is 2.05 bits per heavy atom. The summed E-state index contributed by atoms with van der Waals surface area (Å²) in [6, 6.07) is 5.71. The number of carbonyl (C=O) groups is 1. The summed E-state index contributed by atoms with van der Waals surface area (Å²) in [6.45, 7) is 3.95. The van der Waals surface area contributed by atoms with E-state index in [2.05, 4.69) is 16.4 Å². The zero-order valence-electron chi connectivity index (χ0n) is 12.8. The lowest BCUT2D eigenvalue weighted by Gasteiger charge is -2.14. The van der Waals surface area contributed by atoms with Gasteiger partial charge < -0.3 is 4.74 Å². The largest absolute Gasteiger partial charge is 0.465 e. The molecule has 0 saturated carbocycles. The van der Waals surface area contributed by atoms with E-state index in [1.807, 2.05) is 6.92 Å². The smallest absolute Gasteiger partial charge is 0.337 e. The highest BCUT2D eigenvalue weighted by molar-refractivity contribution is 7.89. The van der Waals surface area contributed by atoms with Crippen molar-refractivity contribution in [3.63, 3.8) is 0 Å². The number of ether oxygens (including phenoxy) is 1. The first-order valence-corrected chi connectivity index (χ1v) is 8.59. The van der Waals surface area contributed by atoms with Crippen molar-refractivity contribution >= 4 is 16.0 Å². The van der Waals surface area contributed by atoms with E-state index in [1.54, 1.807) is 0 Å². The van der Waals surface area contributed by atoms with Gasteiger partial charge in [0, 0.05) is 6.04 Å². The molecule has 0 aliphatic carbocycles. The quantitative estimate of drug-likeness (QED) is 0.591. The van der Waals surface area contributed by atoms with Gasteiger partial charge in [-0.2, -0.15) is 0 Å². The predicted octanol–water partition coefficient (Wildman–Crippen LogP) is 2.72. The van der Waals surface area contributed by atoms with Crippen LogP contribution in [-0.4, -0.2) is 27.5 Å². The van der Waals surface area contributed by atoms with Gasteiger partial charge in [-0.15, -0.1) is 0 Å². The SMILES string of the molecule is CCCCCC(C)NS(=O)(=O)c1cccc(C(=O)OC)c1. The normalized spacial score (nSPS) is 12.9. The van der Waals surface area contributed by atoms with Gasteiger partial charge in [0.15, 0.2) is 0 Å². The molecule has 118 valence electrons. The van der Waals surface area contributed by atoms with Crippen molar-refractivity contribution in [2.24, 2.45) is 0 Å². The van der Waals surface area contributed by atoms with Gasteiger partial charge in [0.1, 0.15) is 0 Å². The molecule has 21 heavy (non-hydrogen) atoms. The lowest BCUT2D eigenvalue weighted by atomic mass is 10.1. The molecule has 0 heterocycles. The maximum atomic E-state index is 12.3. The molecule has 1 rings (SSSR count). The Balaban J connectivity index is 2.80. The van der Waals surface area contributed by atoms with Crippen LogP contribution in [0.25, 0.3) is 0 Å². The first kappa shape index (κ1) is 17.7. The number of carbonyl (C=O) groups excluding carboxylic acids is 1. The fourth-order valence-corrected chi connectivity index (χ4v) is 3.32. The number of methoxy groups -OCH3 is 1. The molecule has 5 nitrogen and oxygen atoms in total. The number of rotatable bonds is 8. The van der Waals surface area contributed by atoms with Crippen LogP contribution in [-0.2, 0) is 14.8 Å². The van der Waals surface area contributed by atoms with Crippen molar-refractivity contribution in [1.82, 2.24) is 4.72 Å². The molecule has 1 aromatic carbocycles. The van der Waals surface area contributed by atoms with Crippen molar-refractivity contribution in [2.45, 2.75) is 50.5 Å². The number of sulfonamides is 1. The first-order valence-electron chi connectivity index (χ1n) is 7.11. The van der Waals surface area contributed by atoms with Crippen LogP contribution in [0.5, 0.6) is 0 Å². The second-order valence-corrected chi connectivity index (χ2v) is 6.75. The highest BCUT2D eigenvalue weighted by Crippen LogP contribution is 2.14. The molecule has 0 aromatic heterocycles. The summed E-state index contributed by atoms with van der Waals surface area (Å²) in [5.41, 5.74) is 0.221. The van der Waals surface area contributed by atoms with Gasteiger partial charge >= 0.3 is 5.97 Å². The van der Waals surface area contributed by atoms with E-state index in [-0.39, 0.29) is 16.5 Å². The Kier molecular flexibility index (Phi) is 6.84. The third-order valence-electron chi connectivity index (χ3n) is 3.16.